The van der Waals surface area contributed by atoms with Crippen LogP contribution in [0, 0.1) is 0 Å². The van der Waals surface area contributed by atoms with E-state index in [0.29, 0.717) is 19.3 Å². The van der Waals surface area contributed by atoms with Crippen LogP contribution in [0.4, 0.5) is 0 Å². The fraction of sp³-hybridized carbons (Fsp3) is 0.703. The van der Waals surface area contributed by atoms with Crippen LogP contribution in [0.15, 0.2) is 97.2 Å². The van der Waals surface area contributed by atoms with Gasteiger partial charge in [0.15, 0.2) is 6.10 Å². The summed E-state index contributed by atoms with van der Waals surface area (Å²) >= 11 is 0. The maximum Gasteiger partial charge on any atom is 0.472 e. The third-order valence-electron chi connectivity index (χ3n) is 12.5. The molecule has 76 heavy (non-hydrogen) atoms. The van der Waals surface area contributed by atoms with Crippen LogP contribution in [-0.4, -0.2) is 66.5 Å². The van der Waals surface area contributed by atoms with E-state index in [9.17, 15) is 28.9 Å². The Morgan fingerprint density at radius 1 is 0.382 bits per heavy atom. The lowest BCUT2D eigenvalue weighted by molar-refractivity contribution is -0.161. The number of aliphatic hydroxyl groups excluding tert-OH is 1. The molecule has 12 heteroatoms. The van der Waals surface area contributed by atoms with Crippen molar-refractivity contribution in [2.45, 2.75) is 264 Å². The van der Waals surface area contributed by atoms with Gasteiger partial charge < -0.3 is 24.2 Å². The molecular weight excluding hydrogens is 976 g/mol. The Bertz CT molecular complexity index is 1640. The lowest BCUT2D eigenvalue weighted by Gasteiger charge is -2.21. The topological polar surface area (TPSA) is 155 Å². The summed E-state index contributed by atoms with van der Waals surface area (Å²) < 4.78 is 39.5. The lowest BCUT2D eigenvalue weighted by Crippen LogP contribution is -2.30. The smallest absolute Gasteiger partial charge is 0.462 e. The summed E-state index contributed by atoms with van der Waals surface area (Å²) in [4.78, 5) is 48.6. The van der Waals surface area contributed by atoms with E-state index in [2.05, 4.69) is 118 Å². The van der Waals surface area contributed by atoms with E-state index >= 15 is 0 Å². The summed E-state index contributed by atoms with van der Waals surface area (Å²) in [5.74, 6) is -1.52. The van der Waals surface area contributed by atoms with E-state index < -0.39 is 57.8 Å². The van der Waals surface area contributed by atoms with Gasteiger partial charge in [0, 0.05) is 19.3 Å². The van der Waals surface area contributed by atoms with Crippen molar-refractivity contribution in [2.24, 2.45) is 0 Å². The molecule has 11 nitrogen and oxygen atoms in total. The van der Waals surface area contributed by atoms with Crippen molar-refractivity contribution in [3.05, 3.63) is 97.2 Å². The van der Waals surface area contributed by atoms with Gasteiger partial charge in [-0.2, -0.15) is 0 Å². The molecule has 0 fully saturated rings. The molecule has 0 radical (unpaired) electrons. The number of aliphatic hydroxyl groups is 1. The molecule has 0 aliphatic heterocycles. The number of phosphoric ester groups is 1. The SMILES string of the molecule is CC/C=C\C/C=C\C/C=C\C/C=C\C/C=C\CCCCCC(=O)OC(COC(=O)CCCCCCC/C=C\CCCC)COP(=O)(O)OCC(CO)OC(=O)CCCCCCCCCCC/C=C\C/C=C\CCCCC. The summed E-state index contributed by atoms with van der Waals surface area (Å²) in [5.41, 5.74) is 0. The summed E-state index contributed by atoms with van der Waals surface area (Å²) in [6.45, 7) is 4.42. The van der Waals surface area contributed by atoms with Gasteiger partial charge in [0.05, 0.1) is 19.8 Å². The van der Waals surface area contributed by atoms with Gasteiger partial charge in [-0.3, -0.25) is 23.4 Å². The van der Waals surface area contributed by atoms with Crippen LogP contribution in [0.1, 0.15) is 252 Å². The second kappa shape index (κ2) is 57.6. The molecule has 0 saturated heterocycles. The van der Waals surface area contributed by atoms with E-state index in [1.165, 1.54) is 70.6 Å². The molecule has 0 aromatic rings. The first-order chi connectivity index (χ1) is 37.2. The number of ether oxygens (including phenoxy) is 3. The molecule has 0 bridgehead atoms. The van der Waals surface area contributed by atoms with Gasteiger partial charge in [-0.1, -0.05) is 214 Å². The number of hydrogen-bond acceptors (Lipinski definition) is 10. The Hall–Kier alpha value is -3.60. The minimum atomic E-state index is -4.77. The second-order valence-corrected chi connectivity index (χ2v) is 21.2. The fourth-order valence-corrected chi connectivity index (χ4v) is 8.65. The van der Waals surface area contributed by atoms with E-state index in [1.54, 1.807) is 0 Å². The highest BCUT2D eigenvalue weighted by Crippen LogP contribution is 2.43. The molecule has 2 N–H and O–H groups in total. The van der Waals surface area contributed by atoms with Gasteiger partial charge >= 0.3 is 25.7 Å². The van der Waals surface area contributed by atoms with Crippen LogP contribution in [0.3, 0.4) is 0 Å². The third-order valence-corrected chi connectivity index (χ3v) is 13.4. The van der Waals surface area contributed by atoms with Crippen molar-refractivity contribution in [3.63, 3.8) is 0 Å². The van der Waals surface area contributed by atoms with Crippen LogP contribution in [0.25, 0.3) is 0 Å². The van der Waals surface area contributed by atoms with Gasteiger partial charge in [0.2, 0.25) is 0 Å². The summed E-state index contributed by atoms with van der Waals surface area (Å²) in [5, 5.41) is 9.84. The minimum Gasteiger partial charge on any atom is -0.462 e. The van der Waals surface area contributed by atoms with Crippen LogP contribution >= 0.6 is 7.82 Å². The largest absolute Gasteiger partial charge is 0.472 e. The van der Waals surface area contributed by atoms with E-state index in [1.807, 2.05) is 0 Å². The zero-order valence-corrected chi connectivity index (χ0v) is 49.1. The molecule has 0 saturated carbocycles. The number of phosphoric acid groups is 1. The number of allylic oxidation sites excluding steroid dienone is 16. The van der Waals surface area contributed by atoms with Crippen molar-refractivity contribution in [3.8, 4) is 0 Å². The molecule has 0 heterocycles. The third kappa shape index (κ3) is 55.2. The number of carbonyl (C=O) groups is 3. The molecule has 436 valence electrons. The Morgan fingerprint density at radius 3 is 1.12 bits per heavy atom. The quantitative estimate of drug-likeness (QED) is 0.0197. The normalized spacial score (nSPS) is 14.0. The Labute approximate surface area is 463 Å². The maximum absolute atomic E-state index is 12.9. The molecule has 3 unspecified atom stereocenters. The Balaban J connectivity index is 4.70. The fourth-order valence-electron chi connectivity index (χ4n) is 7.86. The molecule has 0 aromatic carbocycles. The average molecular weight is 1090 g/mol. The monoisotopic (exact) mass is 1080 g/mol. The molecule has 0 spiro atoms. The zero-order valence-electron chi connectivity index (χ0n) is 48.2. The van der Waals surface area contributed by atoms with Crippen molar-refractivity contribution in [2.75, 3.05) is 26.4 Å². The minimum absolute atomic E-state index is 0.123. The molecule has 0 rings (SSSR count). The zero-order chi connectivity index (χ0) is 55.5. The number of esters is 3. The first-order valence-electron chi connectivity index (χ1n) is 30.1. The highest BCUT2D eigenvalue weighted by molar-refractivity contribution is 7.47. The van der Waals surface area contributed by atoms with Crippen LogP contribution in [0.5, 0.6) is 0 Å². The molecule has 0 aromatic heterocycles. The highest BCUT2D eigenvalue weighted by atomic mass is 31.2. The standard InChI is InChI=1S/C64H109O11P/c1-4-7-10-13-16-19-22-24-26-28-30-32-34-36-39-42-45-48-51-54-63(67)74-60(56-65)58-72-76(69,70)73-59-61(57-71-62(66)53-50-47-44-41-38-21-18-15-12-9-6-3)75-64(68)55-52-49-46-43-40-37-35-33-31-29-27-25-23-20-17-14-11-8-5-2/h8,11,15-20,24-27,31,33,37,40,60-61,65H,4-7,9-10,12-14,21-23,28-30,32,34-36,38-39,41-59H2,1-3H3,(H,69,70)/b11-8-,18-15-,19-16-,20-17-,26-24-,27-25-,33-31-,40-37-. The van der Waals surface area contributed by atoms with E-state index in [-0.39, 0.29) is 25.9 Å². The van der Waals surface area contributed by atoms with Crippen molar-refractivity contribution >= 4 is 25.7 Å². The van der Waals surface area contributed by atoms with Crippen LogP contribution < -0.4 is 0 Å². The maximum atomic E-state index is 12.9. The number of hydrogen-bond donors (Lipinski definition) is 2. The summed E-state index contributed by atoms with van der Waals surface area (Å²) in [6.07, 6.45) is 67.9. The summed E-state index contributed by atoms with van der Waals surface area (Å²) in [7, 11) is -4.77. The van der Waals surface area contributed by atoms with Gasteiger partial charge in [0.25, 0.3) is 0 Å². The lowest BCUT2D eigenvalue weighted by atomic mass is 10.1. The van der Waals surface area contributed by atoms with Crippen molar-refractivity contribution in [1.29, 1.82) is 0 Å². The van der Waals surface area contributed by atoms with Gasteiger partial charge in [-0.15, -0.1) is 0 Å². The average Bonchev–Trinajstić information content (AvgIpc) is 3.41. The van der Waals surface area contributed by atoms with Crippen LogP contribution in [-0.2, 0) is 42.2 Å². The van der Waals surface area contributed by atoms with Gasteiger partial charge in [-0.25, -0.2) is 4.57 Å². The second-order valence-electron chi connectivity index (χ2n) is 19.8. The van der Waals surface area contributed by atoms with Gasteiger partial charge in [0.1, 0.15) is 12.7 Å². The first-order valence-corrected chi connectivity index (χ1v) is 31.6. The Kier molecular flexibility index (Phi) is 54.8. The predicted octanol–water partition coefficient (Wildman–Crippen LogP) is 18.0. The molecule has 0 aliphatic rings. The number of carbonyl (C=O) groups excluding carboxylic acids is 3. The molecule has 0 amide bonds. The Morgan fingerprint density at radius 2 is 0.697 bits per heavy atom. The van der Waals surface area contributed by atoms with E-state index in [0.717, 1.165) is 122 Å². The number of rotatable bonds is 55. The van der Waals surface area contributed by atoms with Crippen molar-refractivity contribution in [1.82, 2.24) is 0 Å². The first kappa shape index (κ1) is 72.4. The summed E-state index contributed by atoms with van der Waals surface area (Å²) in [6, 6.07) is 0. The highest BCUT2D eigenvalue weighted by Gasteiger charge is 2.28. The molecule has 0 aliphatic carbocycles. The molecular formula is C64H109O11P. The van der Waals surface area contributed by atoms with Gasteiger partial charge in [-0.05, 0) is 116 Å². The van der Waals surface area contributed by atoms with Crippen LogP contribution in [0.2, 0.25) is 0 Å². The molecule has 3 atom stereocenters. The van der Waals surface area contributed by atoms with E-state index in [4.69, 9.17) is 23.3 Å². The number of unbranched alkanes of at least 4 members (excludes halogenated alkanes) is 22. The van der Waals surface area contributed by atoms with Crippen molar-refractivity contribution < 1.29 is 52.2 Å². The predicted molar refractivity (Wildman–Crippen MR) is 316 cm³/mol.